The molecular weight excluding hydrogens is 429 g/mol. The Kier molecular flexibility index (Phi) is 6.38. The van der Waals surface area contributed by atoms with Crippen molar-refractivity contribution >= 4 is 39.1 Å². The molecule has 0 saturated heterocycles. The van der Waals surface area contributed by atoms with Crippen LogP contribution in [-0.2, 0) is 21.2 Å². The van der Waals surface area contributed by atoms with Gasteiger partial charge >= 0.3 is 0 Å². The first-order valence-electron chi connectivity index (χ1n) is 8.90. The quantitative estimate of drug-likeness (QED) is 0.456. The number of aryl methyl sites for hydroxylation is 1. The molecule has 156 valence electrons. The number of carbonyl (C=O) groups excluding carboxylic acids is 1. The van der Waals surface area contributed by atoms with E-state index in [1.54, 1.807) is 11.6 Å². The van der Waals surface area contributed by atoms with Crippen molar-refractivity contribution in [2.24, 2.45) is 0 Å². The smallest absolute Gasteiger partial charge is 0.248 e. The maximum atomic E-state index is 14.0. The number of anilines is 1. The van der Waals surface area contributed by atoms with E-state index in [0.717, 1.165) is 30.0 Å². The Morgan fingerprint density at radius 3 is 2.60 bits per heavy atom. The van der Waals surface area contributed by atoms with E-state index in [-0.39, 0.29) is 10.6 Å². The Balaban J connectivity index is 1.77. The summed E-state index contributed by atoms with van der Waals surface area (Å²) < 4.78 is 38.8. The van der Waals surface area contributed by atoms with Gasteiger partial charge in [-0.25, -0.2) is 17.5 Å². The maximum Gasteiger partial charge on any atom is 0.248 e. The number of hydrogen-bond acceptors (Lipinski definition) is 4. The highest BCUT2D eigenvalue weighted by molar-refractivity contribution is 7.90. The number of sulfone groups is 1. The van der Waals surface area contributed by atoms with E-state index >= 15 is 0 Å². The van der Waals surface area contributed by atoms with Crippen molar-refractivity contribution in [3.63, 3.8) is 0 Å². The minimum Gasteiger partial charge on any atom is -0.320 e. The van der Waals surface area contributed by atoms with E-state index in [2.05, 4.69) is 10.4 Å². The third-order valence-electron chi connectivity index (χ3n) is 4.31. The SMILES string of the molecule is Cc1nn(Cc2ccccc2)c(Cl)c1/C=C/C(=O)Nc1cc(S(C)(=O)=O)ccc1F. The van der Waals surface area contributed by atoms with Gasteiger partial charge in [0.05, 0.1) is 22.8 Å². The molecule has 0 aliphatic rings. The fraction of sp³-hybridized carbons (Fsp3) is 0.143. The van der Waals surface area contributed by atoms with Gasteiger partial charge in [-0.15, -0.1) is 0 Å². The van der Waals surface area contributed by atoms with E-state index in [9.17, 15) is 17.6 Å². The zero-order chi connectivity index (χ0) is 21.9. The molecule has 0 aliphatic heterocycles. The van der Waals surface area contributed by atoms with E-state index in [0.29, 0.717) is 23.0 Å². The molecule has 1 N–H and O–H groups in total. The second kappa shape index (κ2) is 8.81. The fourth-order valence-corrected chi connectivity index (χ4v) is 3.73. The molecule has 0 atom stereocenters. The van der Waals surface area contributed by atoms with Gasteiger partial charge in [-0.3, -0.25) is 4.79 Å². The lowest BCUT2D eigenvalue weighted by molar-refractivity contribution is -0.111. The summed E-state index contributed by atoms with van der Waals surface area (Å²) >= 11 is 6.41. The number of hydrogen-bond donors (Lipinski definition) is 1. The molecule has 3 rings (SSSR count). The van der Waals surface area contributed by atoms with Crippen LogP contribution in [0.25, 0.3) is 6.08 Å². The number of halogens is 2. The van der Waals surface area contributed by atoms with Crippen molar-refractivity contribution in [1.82, 2.24) is 9.78 Å². The number of aromatic nitrogens is 2. The number of rotatable bonds is 6. The average Bonchev–Trinajstić information content (AvgIpc) is 2.94. The molecule has 0 spiro atoms. The van der Waals surface area contributed by atoms with Gasteiger partial charge < -0.3 is 5.32 Å². The predicted molar refractivity (Wildman–Crippen MR) is 115 cm³/mol. The Bertz CT molecular complexity index is 1220. The Morgan fingerprint density at radius 2 is 1.93 bits per heavy atom. The van der Waals surface area contributed by atoms with Crippen molar-refractivity contribution in [3.05, 3.63) is 82.4 Å². The number of amides is 1. The second-order valence-corrected chi connectivity index (χ2v) is 9.04. The molecule has 9 heteroatoms. The van der Waals surface area contributed by atoms with Gasteiger partial charge in [-0.1, -0.05) is 41.9 Å². The maximum absolute atomic E-state index is 14.0. The highest BCUT2D eigenvalue weighted by Crippen LogP contribution is 2.23. The summed E-state index contributed by atoms with van der Waals surface area (Å²) in [6.45, 7) is 2.24. The monoisotopic (exact) mass is 447 g/mol. The Hall–Kier alpha value is -2.97. The van der Waals surface area contributed by atoms with Gasteiger partial charge in [-0.05, 0) is 36.8 Å². The number of nitrogens with one attached hydrogen (secondary N) is 1. The number of nitrogens with zero attached hydrogens (tertiary/aromatic N) is 2. The minimum atomic E-state index is -3.53. The molecule has 0 saturated carbocycles. The summed E-state index contributed by atoms with van der Waals surface area (Å²) in [5.41, 5.74) is 1.99. The third kappa shape index (κ3) is 5.14. The molecule has 2 aromatic carbocycles. The first-order valence-corrected chi connectivity index (χ1v) is 11.2. The van der Waals surface area contributed by atoms with Gasteiger partial charge in [0.15, 0.2) is 9.84 Å². The van der Waals surface area contributed by atoms with E-state index in [1.807, 2.05) is 30.3 Å². The lowest BCUT2D eigenvalue weighted by Gasteiger charge is -2.06. The molecule has 0 unspecified atom stereocenters. The molecule has 1 aromatic heterocycles. The van der Waals surface area contributed by atoms with Crippen molar-refractivity contribution in [2.75, 3.05) is 11.6 Å². The largest absolute Gasteiger partial charge is 0.320 e. The van der Waals surface area contributed by atoms with Crippen LogP contribution >= 0.6 is 11.6 Å². The van der Waals surface area contributed by atoms with Gasteiger partial charge in [0, 0.05) is 17.9 Å². The van der Waals surface area contributed by atoms with Crippen LogP contribution in [0.5, 0.6) is 0 Å². The lowest BCUT2D eigenvalue weighted by Crippen LogP contribution is -2.10. The van der Waals surface area contributed by atoms with Crippen molar-refractivity contribution in [1.29, 1.82) is 0 Å². The van der Waals surface area contributed by atoms with E-state index in [1.165, 1.54) is 12.2 Å². The first-order chi connectivity index (χ1) is 14.1. The molecule has 0 bridgehead atoms. The summed E-state index contributed by atoms with van der Waals surface area (Å²) in [7, 11) is -3.53. The van der Waals surface area contributed by atoms with Crippen molar-refractivity contribution in [3.8, 4) is 0 Å². The second-order valence-electron chi connectivity index (χ2n) is 6.67. The summed E-state index contributed by atoms with van der Waals surface area (Å²) in [4.78, 5) is 12.1. The molecular formula is C21H19ClFN3O3S. The highest BCUT2D eigenvalue weighted by Gasteiger charge is 2.14. The normalized spacial score (nSPS) is 11.7. The number of carbonyl (C=O) groups is 1. The van der Waals surface area contributed by atoms with Gasteiger partial charge in [-0.2, -0.15) is 5.10 Å². The molecule has 1 heterocycles. The Labute approximate surface area is 178 Å². The zero-order valence-electron chi connectivity index (χ0n) is 16.3. The third-order valence-corrected chi connectivity index (χ3v) is 5.82. The Morgan fingerprint density at radius 1 is 1.23 bits per heavy atom. The first kappa shape index (κ1) is 21.7. The van der Waals surface area contributed by atoms with Crippen LogP contribution in [0.15, 0.2) is 59.5 Å². The standard InChI is InChI=1S/C21H19ClFN3O3S/c1-14-17(21(22)26(25-14)13-15-6-4-3-5-7-15)9-11-20(27)24-19-12-16(30(2,28)29)8-10-18(19)23/h3-12H,13H2,1-2H3,(H,24,27)/b11-9+. The zero-order valence-corrected chi connectivity index (χ0v) is 17.8. The van der Waals surface area contributed by atoms with Gasteiger partial charge in [0.25, 0.3) is 0 Å². The molecule has 30 heavy (non-hydrogen) atoms. The van der Waals surface area contributed by atoms with Crippen molar-refractivity contribution < 1.29 is 17.6 Å². The van der Waals surface area contributed by atoms with Crippen molar-refractivity contribution in [2.45, 2.75) is 18.4 Å². The summed E-state index contributed by atoms with van der Waals surface area (Å²) in [6, 6.07) is 12.9. The van der Waals surface area contributed by atoms with E-state index in [4.69, 9.17) is 11.6 Å². The minimum absolute atomic E-state index is 0.0933. The topological polar surface area (TPSA) is 81.1 Å². The van der Waals surface area contributed by atoms with Crippen LogP contribution in [0.3, 0.4) is 0 Å². The molecule has 3 aromatic rings. The molecule has 0 aliphatic carbocycles. The molecule has 0 fully saturated rings. The van der Waals surface area contributed by atoms with Crippen LogP contribution in [0, 0.1) is 12.7 Å². The average molecular weight is 448 g/mol. The predicted octanol–water partition coefficient (Wildman–Crippen LogP) is 4.09. The van der Waals surface area contributed by atoms with Gasteiger partial charge in [0.2, 0.25) is 5.91 Å². The van der Waals surface area contributed by atoms with Crippen LogP contribution in [0.4, 0.5) is 10.1 Å². The highest BCUT2D eigenvalue weighted by atomic mass is 35.5. The molecule has 0 radical (unpaired) electrons. The van der Waals surface area contributed by atoms with Crippen LogP contribution in [0.2, 0.25) is 5.15 Å². The number of benzene rings is 2. The fourth-order valence-electron chi connectivity index (χ4n) is 2.78. The van der Waals surface area contributed by atoms with Crippen LogP contribution in [0.1, 0.15) is 16.8 Å². The molecule has 1 amide bonds. The molecule has 6 nitrogen and oxygen atoms in total. The van der Waals surface area contributed by atoms with Gasteiger partial charge in [0.1, 0.15) is 11.0 Å². The summed E-state index contributed by atoms with van der Waals surface area (Å²) in [5.74, 6) is -1.38. The summed E-state index contributed by atoms with van der Waals surface area (Å²) in [6.07, 6.45) is 3.68. The van der Waals surface area contributed by atoms with Crippen LogP contribution < -0.4 is 5.32 Å². The lowest BCUT2D eigenvalue weighted by atomic mass is 10.2. The van der Waals surface area contributed by atoms with Crippen LogP contribution in [-0.4, -0.2) is 30.4 Å². The van der Waals surface area contributed by atoms with E-state index < -0.39 is 21.6 Å². The summed E-state index contributed by atoms with van der Waals surface area (Å²) in [5, 5.41) is 7.10.